The molecule has 0 spiro atoms. The van der Waals surface area contributed by atoms with Crippen molar-refractivity contribution in [2.45, 2.75) is 37.2 Å². The lowest BCUT2D eigenvalue weighted by Crippen LogP contribution is -2.34. The number of rotatable bonds is 3. The lowest BCUT2D eigenvalue weighted by atomic mass is 10.1. The van der Waals surface area contributed by atoms with Gasteiger partial charge >= 0.3 is 0 Å². The van der Waals surface area contributed by atoms with Gasteiger partial charge in [-0.1, -0.05) is 15.9 Å². The van der Waals surface area contributed by atoms with E-state index in [2.05, 4.69) is 15.9 Å². The highest BCUT2D eigenvalue weighted by Crippen LogP contribution is 2.40. The fourth-order valence-corrected chi connectivity index (χ4v) is 4.51. The summed E-state index contributed by atoms with van der Waals surface area (Å²) in [5, 5.41) is 0. The zero-order valence-corrected chi connectivity index (χ0v) is 13.9. The Morgan fingerprint density at radius 3 is 2.60 bits per heavy atom. The summed E-state index contributed by atoms with van der Waals surface area (Å²) in [7, 11) is 1.52. The molecule has 20 heavy (non-hydrogen) atoms. The Bertz CT molecular complexity index is 700. The van der Waals surface area contributed by atoms with E-state index in [1.165, 1.54) is 6.07 Å². The first-order valence-corrected chi connectivity index (χ1v) is 9.47. The molecule has 1 saturated carbocycles. The second kappa shape index (κ2) is 4.71. The SMILES string of the molecule is CC(C1CC1)N1Cc2cc(Br)cc(S(=O)(=O)Cl)c2C1=O. The van der Waals surface area contributed by atoms with Crippen LogP contribution in [-0.4, -0.2) is 25.3 Å². The molecule has 1 aromatic rings. The zero-order valence-electron chi connectivity index (χ0n) is 10.8. The van der Waals surface area contributed by atoms with Crippen LogP contribution in [0.1, 0.15) is 35.7 Å². The second-order valence-corrected chi connectivity index (χ2v) is 8.84. The van der Waals surface area contributed by atoms with Crippen molar-refractivity contribution < 1.29 is 13.2 Å². The van der Waals surface area contributed by atoms with Crippen molar-refractivity contribution >= 4 is 41.6 Å². The number of fused-ring (bicyclic) bond motifs is 1. The number of hydrogen-bond donors (Lipinski definition) is 0. The molecule has 2 aliphatic rings. The van der Waals surface area contributed by atoms with Crippen LogP contribution in [0, 0.1) is 5.92 Å². The number of hydrogen-bond acceptors (Lipinski definition) is 3. The van der Waals surface area contributed by atoms with Gasteiger partial charge in [-0.3, -0.25) is 4.79 Å². The number of halogens is 2. The molecular formula is C13H13BrClNO3S. The maximum Gasteiger partial charge on any atom is 0.262 e. The molecule has 0 bridgehead atoms. The maximum absolute atomic E-state index is 12.5. The van der Waals surface area contributed by atoms with Gasteiger partial charge in [0.25, 0.3) is 15.0 Å². The number of amides is 1. The quantitative estimate of drug-likeness (QED) is 0.759. The Morgan fingerprint density at radius 1 is 1.40 bits per heavy atom. The van der Waals surface area contributed by atoms with E-state index in [9.17, 15) is 13.2 Å². The Kier molecular flexibility index (Phi) is 3.38. The molecule has 1 aliphatic heterocycles. The monoisotopic (exact) mass is 377 g/mol. The van der Waals surface area contributed by atoms with Crippen LogP contribution in [0.4, 0.5) is 0 Å². The van der Waals surface area contributed by atoms with Crippen LogP contribution in [0.25, 0.3) is 0 Å². The fourth-order valence-electron chi connectivity index (χ4n) is 2.76. The minimum atomic E-state index is -3.94. The van der Waals surface area contributed by atoms with Crippen molar-refractivity contribution in [1.82, 2.24) is 4.90 Å². The second-order valence-electron chi connectivity index (χ2n) is 5.39. The third-order valence-electron chi connectivity index (χ3n) is 4.02. The molecule has 1 heterocycles. The van der Waals surface area contributed by atoms with E-state index >= 15 is 0 Å². The molecule has 1 amide bonds. The molecule has 0 radical (unpaired) electrons. The summed E-state index contributed by atoms with van der Waals surface area (Å²) < 4.78 is 24.0. The van der Waals surface area contributed by atoms with Gasteiger partial charge in [0.1, 0.15) is 0 Å². The van der Waals surface area contributed by atoms with E-state index in [4.69, 9.17) is 10.7 Å². The average Bonchev–Trinajstić information content (AvgIpc) is 3.12. The highest BCUT2D eigenvalue weighted by Gasteiger charge is 2.40. The lowest BCUT2D eigenvalue weighted by Gasteiger charge is -2.24. The molecule has 1 atom stereocenters. The molecule has 0 aromatic heterocycles. The summed E-state index contributed by atoms with van der Waals surface area (Å²) in [6.07, 6.45) is 2.26. The molecule has 1 aromatic carbocycles. The highest BCUT2D eigenvalue weighted by atomic mass is 79.9. The van der Waals surface area contributed by atoms with Gasteiger partial charge in [-0.15, -0.1) is 0 Å². The van der Waals surface area contributed by atoms with Crippen LogP contribution in [0.5, 0.6) is 0 Å². The van der Waals surface area contributed by atoms with E-state index in [1.54, 1.807) is 11.0 Å². The third kappa shape index (κ3) is 2.38. The van der Waals surface area contributed by atoms with E-state index in [0.717, 1.165) is 18.4 Å². The van der Waals surface area contributed by atoms with Crippen LogP contribution in [0.15, 0.2) is 21.5 Å². The Labute approximate surface area is 130 Å². The van der Waals surface area contributed by atoms with Crippen molar-refractivity contribution in [3.05, 3.63) is 27.7 Å². The molecule has 0 N–H and O–H groups in total. The van der Waals surface area contributed by atoms with Gasteiger partial charge in [-0.25, -0.2) is 8.42 Å². The van der Waals surface area contributed by atoms with Crippen LogP contribution in [0.2, 0.25) is 0 Å². The Balaban J connectivity index is 2.08. The van der Waals surface area contributed by atoms with Gasteiger partial charge in [-0.2, -0.15) is 0 Å². The van der Waals surface area contributed by atoms with Gasteiger partial charge in [0.05, 0.1) is 10.5 Å². The lowest BCUT2D eigenvalue weighted by molar-refractivity contribution is 0.0695. The molecule has 1 fully saturated rings. The Morgan fingerprint density at radius 2 is 2.05 bits per heavy atom. The van der Waals surface area contributed by atoms with Gasteiger partial charge in [-0.05, 0) is 43.4 Å². The molecule has 1 aliphatic carbocycles. The summed E-state index contributed by atoms with van der Waals surface area (Å²) in [6.45, 7) is 2.47. The summed E-state index contributed by atoms with van der Waals surface area (Å²) in [5.41, 5.74) is 0.951. The molecule has 7 heteroatoms. The molecular weight excluding hydrogens is 366 g/mol. The van der Waals surface area contributed by atoms with Crippen LogP contribution >= 0.6 is 26.6 Å². The Hall–Kier alpha value is -0.590. The number of nitrogens with zero attached hydrogens (tertiary/aromatic N) is 1. The topological polar surface area (TPSA) is 54.5 Å². The fraction of sp³-hybridized carbons (Fsp3) is 0.462. The van der Waals surface area contributed by atoms with Gasteiger partial charge in [0.2, 0.25) is 0 Å². The zero-order chi connectivity index (χ0) is 14.7. The third-order valence-corrected chi connectivity index (χ3v) is 5.83. The van der Waals surface area contributed by atoms with E-state index in [-0.39, 0.29) is 22.4 Å². The minimum Gasteiger partial charge on any atom is -0.331 e. The van der Waals surface area contributed by atoms with Crippen molar-refractivity contribution in [2.24, 2.45) is 5.92 Å². The van der Waals surface area contributed by atoms with Gasteiger partial charge < -0.3 is 4.90 Å². The first kappa shape index (κ1) is 14.4. The molecule has 108 valence electrons. The average molecular weight is 379 g/mol. The normalized spacial score (nSPS) is 20.1. The summed E-state index contributed by atoms with van der Waals surface area (Å²) in [6, 6.07) is 3.32. The van der Waals surface area contributed by atoms with Gasteiger partial charge in [0, 0.05) is 27.7 Å². The predicted molar refractivity (Wildman–Crippen MR) is 79.2 cm³/mol. The largest absolute Gasteiger partial charge is 0.331 e. The smallest absolute Gasteiger partial charge is 0.262 e. The van der Waals surface area contributed by atoms with Gasteiger partial charge in [0.15, 0.2) is 0 Å². The molecule has 1 unspecified atom stereocenters. The number of carbonyl (C=O) groups is 1. The standard InChI is InChI=1S/C13H13BrClNO3S/c1-7(8-2-3-8)16-6-9-4-10(14)5-11(20(15,18)19)12(9)13(16)17/h4-5,7-8H,2-3,6H2,1H3. The molecule has 4 nitrogen and oxygen atoms in total. The van der Waals surface area contributed by atoms with Crippen LogP contribution in [0.3, 0.4) is 0 Å². The van der Waals surface area contributed by atoms with E-state index in [0.29, 0.717) is 16.9 Å². The molecule has 0 saturated heterocycles. The van der Waals surface area contributed by atoms with Crippen molar-refractivity contribution in [3.63, 3.8) is 0 Å². The number of benzene rings is 1. The summed E-state index contributed by atoms with van der Waals surface area (Å²) >= 11 is 3.27. The van der Waals surface area contributed by atoms with Crippen molar-refractivity contribution in [1.29, 1.82) is 0 Å². The molecule has 3 rings (SSSR count). The summed E-state index contributed by atoms with van der Waals surface area (Å²) in [4.78, 5) is 14.2. The first-order chi connectivity index (χ1) is 9.29. The highest BCUT2D eigenvalue weighted by molar-refractivity contribution is 9.10. The van der Waals surface area contributed by atoms with Crippen molar-refractivity contribution in [3.8, 4) is 0 Å². The maximum atomic E-state index is 12.5. The minimum absolute atomic E-state index is 0.0981. The van der Waals surface area contributed by atoms with E-state index < -0.39 is 9.05 Å². The van der Waals surface area contributed by atoms with Crippen molar-refractivity contribution in [2.75, 3.05) is 0 Å². The number of carbonyl (C=O) groups excluding carboxylic acids is 1. The van der Waals surface area contributed by atoms with Crippen LogP contribution in [-0.2, 0) is 15.6 Å². The van der Waals surface area contributed by atoms with Crippen LogP contribution < -0.4 is 0 Å². The first-order valence-electron chi connectivity index (χ1n) is 6.37. The van der Waals surface area contributed by atoms with E-state index in [1.807, 2.05) is 6.92 Å². The summed E-state index contributed by atoms with van der Waals surface area (Å²) in [5.74, 6) is 0.305. The predicted octanol–water partition coefficient (Wildman–Crippen LogP) is 3.13.